The Balaban J connectivity index is 1.43. The molecule has 0 amide bonds. The third-order valence-corrected chi connectivity index (χ3v) is 11.0. The van der Waals surface area contributed by atoms with Gasteiger partial charge in [-0.1, -0.05) is 52.6 Å². The average Bonchev–Trinajstić information content (AvgIpc) is 3.67. The zero-order chi connectivity index (χ0) is 40.8. The molecule has 7 aromatic carbocycles. The number of hydrogen-bond acceptors (Lipinski definition) is 1. The van der Waals surface area contributed by atoms with Gasteiger partial charge in [0.1, 0.15) is 0 Å². The molecule has 0 radical (unpaired) electrons. The summed E-state index contributed by atoms with van der Waals surface area (Å²) in [7, 11) is 0. The van der Waals surface area contributed by atoms with Crippen LogP contribution in [0.2, 0.25) is 0 Å². The molecule has 9 heteroatoms. The molecule has 286 valence electrons. The van der Waals surface area contributed by atoms with E-state index < -0.39 is 23.5 Å². The molecule has 0 aliphatic carbocycles. The molecular formula is C49H33F6N3. The van der Waals surface area contributed by atoms with Crippen molar-refractivity contribution in [3.05, 3.63) is 166 Å². The number of alkyl halides is 6. The van der Waals surface area contributed by atoms with E-state index in [0.717, 1.165) is 78.0 Å². The fraction of sp³-hybridized carbons (Fsp3) is 0.122. The molecule has 0 spiro atoms. The summed E-state index contributed by atoms with van der Waals surface area (Å²) in [6, 6.07) is 38.5. The lowest BCUT2D eigenvalue weighted by Crippen LogP contribution is -2.11. The van der Waals surface area contributed by atoms with Gasteiger partial charge in [-0.3, -0.25) is 0 Å². The van der Waals surface area contributed by atoms with Crippen LogP contribution in [-0.4, -0.2) is 9.13 Å². The van der Waals surface area contributed by atoms with Crippen LogP contribution in [0, 0.1) is 39.0 Å². The number of nitriles is 1. The van der Waals surface area contributed by atoms with Gasteiger partial charge in [0.2, 0.25) is 0 Å². The van der Waals surface area contributed by atoms with E-state index in [1.54, 1.807) is 30.3 Å². The molecule has 0 N–H and O–H groups in total. The van der Waals surface area contributed by atoms with Crippen LogP contribution in [-0.2, 0) is 12.4 Å². The first-order valence-electron chi connectivity index (χ1n) is 18.6. The molecule has 0 unspecified atom stereocenters. The lowest BCUT2D eigenvalue weighted by Gasteiger charge is -2.21. The number of benzene rings is 7. The standard InChI is InChI=1S/C49H33F6N3/c1-27-5-12-43-38(17-27)39-18-28(2)6-13-44(39)57(43)35-10-11-36(32-22-33(48(50,51)52)24-34(23-32)49(53,54)55)37(25-35)42-21-31(26-56)9-16-47(42)58-45-14-7-29(3)19-40(45)41-20-30(4)8-15-46(41)58/h5-25H,1-4H3. The number of aromatic nitrogens is 2. The minimum absolute atomic E-state index is 0.136. The second-order valence-corrected chi connectivity index (χ2v) is 15.1. The number of fused-ring (bicyclic) bond motifs is 6. The van der Waals surface area contributed by atoms with Crippen LogP contribution < -0.4 is 0 Å². The molecule has 9 aromatic rings. The van der Waals surface area contributed by atoms with Gasteiger partial charge in [0.05, 0.1) is 50.5 Å². The summed E-state index contributed by atoms with van der Waals surface area (Å²) >= 11 is 0. The molecular weight excluding hydrogens is 745 g/mol. The molecule has 0 aliphatic rings. The zero-order valence-corrected chi connectivity index (χ0v) is 31.7. The number of rotatable bonds is 4. The van der Waals surface area contributed by atoms with Crippen molar-refractivity contribution in [3.8, 4) is 39.7 Å². The second-order valence-electron chi connectivity index (χ2n) is 15.1. The Bertz CT molecular complexity index is 3060. The number of aryl methyl sites for hydroxylation is 4. The van der Waals surface area contributed by atoms with Crippen LogP contribution >= 0.6 is 0 Å². The fourth-order valence-corrected chi connectivity index (χ4v) is 8.31. The molecule has 2 heterocycles. The smallest absolute Gasteiger partial charge is 0.309 e. The van der Waals surface area contributed by atoms with Gasteiger partial charge >= 0.3 is 12.4 Å². The Hall–Kier alpha value is -6.79. The lowest BCUT2D eigenvalue weighted by atomic mass is 9.90. The Morgan fingerprint density at radius 2 is 0.879 bits per heavy atom. The topological polar surface area (TPSA) is 33.6 Å². The van der Waals surface area contributed by atoms with Gasteiger partial charge in [-0.05, 0) is 141 Å². The summed E-state index contributed by atoms with van der Waals surface area (Å²) in [5, 5.41) is 14.2. The van der Waals surface area contributed by atoms with Crippen LogP contribution in [0.1, 0.15) is 38.9 Å². The number of halogens is 6. The monoisotopic (exact) mass is 777 g/mol. The van der Waals surface area contributed by atoms with Gasteiger partial charge in [-0.25, -0.2) is 0 Å². The van der Waals surface area contributed by atoms with Crippen molar-refractivity contribution in [3.63, 3.8) is 0 Å². The Kier molecular flexibility index (Phi) is 8.34. The molecule has 58 heavy (non-hydrogen) atoms. The van der Waals surface area contributed by atoms with E-state index in [2.05, 4.69) is 39.5 Å². The molecule has 0 atom stereocenters. The fourth-order valence-electron chi connectivity index (χ4n) is 8.31. The van der Waals surface area contributed by atoms with Crippen LogP contribution in [0.15, 0.2) is 127 Å². The maximum absolute atomic E-state index is 14.4. The van der Waals surface area contributed by atoms with Crippen LogP contribution in [0.4, 0.5) is 26.3 Å². The van der Waals surface area contributed by atoms with Crippen LogP contribution in [0.3, 0.4) is 0 Å². The van der Waals surface area contributed by atoms with E-state index >= 15 is 0 Å². The van der Waals surface area contributed by atoms with E-state index in [-0.39, 0.29) is 22.8 Å². The maximum Gasteiger partial charge on any atom is 0.416 e. The first-order valence-corrected chi connectivity index (χ1v) is 18.6. The predicted octanol–water partition coefficient (Wildman–Crippen LogP) is 14.4. The molecule has 0 aliphatic heterocycles. The highest BCUT2D eigenvalue weighted by Gasteiger charge is 2.37. The highest BCUT2D eigenvalue weighted by atomic mass is 19.4. The summed E-state index contributed by atoms with van der Waals surface area (Å²) in [6.07, 6.45) is -10.1. The Morgan fingerprint density at radius 1 is 0.431 bits per heavy atom. The second kappa shape index (κ2) is 13.1. The third-order valence-electron chi connectivity index (χ3n) is 11.0. The van der Waals surface area contributed by atoms with Crippen molar-refractivity contribution >= 4 is 43.6 Å². The van der Waals surface area contributed by atoms with Crippen molar-refractivity contribution in [1.82, 2.24) is 9.13 Å². The van der Waals surface area contributed by atoms with Crippen molar-refractivity contribution in [1.29, 1.82) is 5.26 Å². The largest absolute Gasteiger partial charge is 0.416 e. The van der Waals surface area contributed by atoms with Gasteiger partial charge in [0.25, 0.3) is 0 Å². The molecule has 0 saturated heterocycles. The zero-order valence-electron chi connectivity index (χ0n) is 31.7. The number of nitrogens with zero attached hydrogens (tertiary/aromatic N) is 3. The molecule has 3 nitrogen and oxygen atoms in total. The lowest BCUT2D eigenvalue weighted by molar-refractivity contribution is -0.143. The predicted molar refractivity (Wildman–Crippen MR) is 220 cm³/mol. The van der Waals surface area contributed by atoms with E-state index in [9.17, 15) is 31.6 Å². The summed E-state index contributed by atoms with van der Waals surface area (Å²) in [5.74, 6) is 0. The van der Waals surface area contributed by atoms with Gasteiger partial charge in [0.15, 0.2) is 0 Å². The van der Waals surface area contributed by atoms with E-state index in [1.165, 1.54) is 0 Å². The molecule has 9 rings (SSSR count). The van der Waals surface area contributed by atoms with E-state index in [4.69, 9.17) is 0 Å². The summed E-state index contributed by atoms with van der Waals surface area (Å²) < 4.78 is 90.3. The molecule has 0 fully saturated rings. The van der Waals surface area contributed by atoms with Gasteiger partial charge in [-0.15, -0.1) is 0 Å². The summed E-state index contributed by atoms with van der Waals surface area (Å²) in [6.45, 7) is 8.03. The van der Waals surface area contributed by atoms with Crippen molar-refractivity contribution in [2.24, 2.45) is 0 Å². The van der Waals surface area contributed by atoms with Crippen molar-refractivity contribution in [2.45, 2.75) is 40.0 Å². The minimum Gasteiger partial charge on any atom is -0.309 e. The van der Waals surface area contributed by atoms with Crippen molar-refractivity contribution < 1.29 is 26.3 Å². The quantitative estimate of drug-likeness (QED) is 0.164. The maximum atomic E-state index is 14.4. The Labute approximate surface area is 329 Å². The van der Waals surface area contributed by atoms with Gasteiger partial charge < -0.3 is 9.13 Å². The highest BCUT2D eigenvalue weighted by molar-refractivity contribution is 6.11. The van der Waals surface area contributed by atoms with Gasteiger partial charge in [-0.2, -0.15) is 31.6 Å². The van der Waals surface area contributed by atoms with Gasteiger partial charge in [0, 0.05) is 32.8 Å². The average molecular weight is 778 g/mol. The van der Waals surface area contributed by atoms with Crippen LogP contribution in [0.25, 0.3) is 77.2 Å². The van der Waals surface area contributed by atoms with E-state index in [0.29, 0.717) is 22.5 Å². The summed E-state index contributed by atoms with van der Waals surface area (Å²) in [4.78, 5) is 0. The summed E-state index contributed by atoms with van der Waals surface area (Å²) in [5.41, 5.74) is 7.00. The highest BCUT2D eigenvalue weighted by Crippen LogP contribution is 2.45. The number of hydrogen-bond donors (Lipinski definition) is 0. The first-order chi connectivity index (χ1) is 27.6. The molecule has 0 bridgehead atoms. The first kappa shape index (κ1) is 36.8. The third kappa shape index (κ3) is 6.08. The van der Waals surface area contributed by atoms with Crippen LogP contribution in [0.5, 0.6) is 0 Å². The minimum atomic E-state index is -5.06. The SMILES string of the molecule is Cc1ccc2c(c1)c1cc(C)ccc1n2-c1ccc(-c2cc(C(F)(F)F)cc(C(F)(F)F)c2)c(-c2cc(C#N)ccc2-n2c3ccc(C)cc3c3cc(C)ccc32)c1. The molecule has 0 saturated carbocycles. The normalized spacial score (nSPS) is 12.3. The Morgan fingerprint density at radius 3 is 1.31 bits per heavy atom. The van der Waals surface area contributed by atoms with Crippen molar-refractivity contribution in [2.75, 3.05) is 0 Å². The van der Waals surface area contributed by atoms with E-state index in [1.807, 2.05) is 82.3 Å². The molecule has 2 aromatic heterocycles.